The second kappa shape index (κ2) is 11.2. The Kier molecular flexibility index (Phi) is 8.62. The van der Waals surface area contributed by atoms with Crippen LogP contribution in [-0.4, -0.2) is 86.0 Å². The minimum Gasteiger partial charge on any atom is -0.473 e. The Balaban J connectivity index is 0.000000469. The van der Waals surface area contributed by atoms with E-state index in [0.29, 0.717) is 43.4 Å². The molecule has 0 spiro atoms. The Bertz CT molecular complexity index is 861. The van der Waals surface area contributed by atoms with Crippen molar-refractivity contribution in [3.05, 3.63) is 34.7 Å². The minimum atomic E-state index is -1.82. The van der Waals surface area contributed by atoms with Gasteiger partial charge in [0.15, 0.2) is 5.76 Å². The van der Waals surface area contributed by atoms with E-state index >= 15 is 0 Å². The lowest BCUT2D eigenvalue weighted by atomic mass is 10.2. The van der Waals surface area contributed by atoms with Crippen LogP contribution in [0.3, 0.4) is 0 Å². The number of Topliss-reactive ketones (excluding diaryl/α,β-unsaturated/α-hetero) is 1. The third-order valence-electron chi connectivity index (χ3n) is 4.24. The number of furan rings is 1. The lowest BCUT2D eigenvalue weighted by Crippen LogP contribution is -2.49. The molecule has 0 bridgehead atoms. The minimum absolute atomic E-state index is 0.00506. The summed E-state index contributed by atoms with van der Waals surface area (Å²) < 4.78 is 9.05. The van der Waals surface area contributed by atoms with Crippen LogP contribution in [0.2, 0.25) is 0 Å². The molecule has 1 amide bonds. The van der Waals surface area contributed by atoms with Crippen molar-refractivity contribution in [2.45, 2.75) is 19.8 Å². The second-order valence-electron chi connectivity index (χ2n) is 6.38. The van der Waals surface area contributed by atoms with Gasteiger partial charge in [-0.3, -0.25) is 14.5 Å². The summed E-state index contributed by atoms with van der Waals surface area (Å²) in [6.07, 6.45) is 3.21. The Morgan fingerprint density at radius 2 is 1.80 bits per heavy atom. The molecule has 0 saturated carbocycles. The molecule has 1 aliphatic rings. The predicted molar refractivity (Wildman–Crippen MR) is 105 cm³/mol. The summed E-state index contributed by atoms with van der Waals surface area (Å²) in [5.41, 5.74) is 0.794. The highest BCUT2D eigenvalue weighted by molar-refractivity contribution is 7.08. The van der Waals surface area contributed by atoms with Crippen molar-refractivity contribution in [2.24, 2.45) is 0 Å². The fourth-order valence-corrected chi connectivity index (χ4v) is 3.42. The number of amides is 1. The summed E-state index contributed by atoms with van der Waals surface area (Å²) in [6, 6.07) is 3.38. The van der Waals surface area contributed by atoms with Crippen molar-refractivity contribution in [2.75, 3.05) is 32.7 Å². The van der Waals surface area contributed by atoms with E-state index in [0.717, 1.165) is 18.5 Å². The fraction of sp³-hybridized carbons (Fsp3) is 0.444. The van der Waals surface area contributed by atoms with Crippen LogP contribution in [0.5, 0.6) is 0 Å². The monoisotopic (exact) mass is 438 g/mol. The maximum absolute atomic E-state index is 12.6. The second-order valence-corrected chi connectivity index (χ2v) is 7.13. The molecule has 30 heavy (non-hydrogen) atoms. The molecule has 162 valence electrons. The van der Waals surface area contributed by atoms with E-state index in [9.17, 15) is 9.59 Å². The maximum Gasteiger partial charge on any atom is 0.414 e. The van der Waals surface area contributed by atoms with Crippen molar-refractivity contribution in [1.82, 2.24) is 19.4 Å². The molecule has 2 aromatic rings. The van der Waals surface area contributed by atoms with E-state index < -0.39 is 11.9 Å². The van der Waals surface area contributed by atoms with Gasteiger partial charge < -0.3 is 19.5 Å². The van der Waals surface area contributed by atoms with Crippen molar-refractivity contribution < 1.29 is 33.8 Å². The molecule has 1 fully saturated rings. The third-order valence-corrected chi connectivity index (χ3v) is 5.00. The van der Waals surface area contributed by atoms with Crippen LogP contribution in [0.25, 0.3) is 0 Å². The van der Waals surface area contributed by atoms with E-state index in [4.69, 9.17) is 24.2 Å². The van der Waals surface area contributed by atoms with Crippen molar-refractivity contribution in [3.63, 3.8) is 0 Å². The summed E-state index contributed by atoms with van der Waals surface area (Å²) >= 11 is 1.17. The number of carbonyl (C=O) groups excluding carboxylic acids is 2. The number of carboxylic acid groups (broad SMARTS) is 2. The zero-order chi connectivity index (χ0) is 22.1. The molecule has 0 aromatic carbocycles. The van der Waals surface area contributed by atoms with Gasteiger partial charge >= 0.3 is 11.9 Å². The van der Waals surface area contributed by atoms with Gasteiger partial charge in [-0.25, -0.2) is 9.59 Å². The van der Waals surface area contributed by atoms with Gasteiger partial charge in [-0.2, -0.15) is 0 Å². The Morgan fingerprint density at radius 1 is 1.13 bits per heavy atom. The van der Waals surface area contributed by atoms with Gasteiger partial charge in [-0.1, -0.05) is 17.8 Å². The molecule has 12 heteroatoms. The van der Waals surface area contributed by atoms with Crippen LogP contribution in [0.4, 0.5) is 0 Å². The van der Waals surface area contributed by atoms with Crippen LogP contribution < -0.4 is 0 Å². The van der Waals surface area contributed by atoms with Gasteiger partial charge in [0, 0.05) is 26.2 Å². The van der Waals surface area contributed by atoms with E-state index in [2.05, 4.69) is 16.5 Å². The summed E-state index contributed by atoms with van der Waals surface area (Å²) in [7, 11) is 0. The highest BCUT2D eigenvalue weighted by Gasteiger charge is 2.27. The van der Waals surface area contributed by atoms with E-state index in [1.54, 1.807) is 12.1 Å². The number of carboxylic acids is 2. The van der Waals surface area contributed by atoms with Crippen LogP contribution in [-0.2, 0) is 16.0 Å². The Hall–Kier alpha value is -3.12. The van der Waals surface area contributed by atoms with Gasteiger partial charge in [-0.15, -0.1) is 5.10 Å². The molecule has 0 radical (unpaired) electrons. The molecule has 0 aliphatic carbocycles. The molecule has 2 N–H and O–H groups in total. The van der Waals surface area contributed by atoms with Crippen LogP contribution in [0, 0.1) is 0 Å². The van der Waals surface area contributed by atoms with Crippen molar-refractivity contribution in [1.29, 1.82) is 0 Å². The highest BCUT2D eigenvalue weighted by atomic mass is 32.1. The number of aromatic nitrogens is 2. The van der Waals surface area contributed by atoms with Gasteiger partial charge in [0.1, 0.15) is 4.88 Å². The zero-order valence-corrected chi connectivity index (χ0v) is 17.1. The SMILES string of the molecule is CCCc1nnsc1C(=O)N1CCN(CC(=O)c2ccco2)CC1.O=C(O)C(=O)O. The number of ketones is 1. The van der Waals surface area contributed by atoms with Crippen molar-refractivity contribution in [3.8, 4) is 0 Å². The topological polar surface area (TPSA) is 154 Å². The molecule has 1 aliphatic heterocycles. The Labute approximate surface area is 176 Å². The molecule has 11 nitrogen and oxygen atoms in total. The number of aliphatic carboxylic acids is 2. The summed E-state index contributed by atoms with van der Waals surface area (Å²) in [6.45, 7) is 4.93. The third kappa shape index (κ3) is 6.46. The van der Waals surface area contributed by atoms with Gasteiger partial charge in [0.2, 0.25) is 5.78 Å². The fourth-order valence-electron chi connectivity index (χ4n) is 2.74. The number of rotatable bonds is 6. The number of hydrogen-bond acceptors (Lipinski definition) is 9. The number of nitrogens with zero attached hydrogens (tertiary/aromatic N) is 4. The molecular formula is C18H22N4O7S. The number of carbonyl (C=O) groups is 4. The van der Waals surface area contributed by atoms with Gasteiger partial charge in [-0.05, 0) is 30.1 Å². The maximum atomic E-state index is 12.6. The van der Waals surface area contributed by atoms with E-state index in [-0.39, 0.29) is 11.7 Å². The molecule has 3 heterocycles. The first-order valence-electron chi connectivity index (χ1n) is 9.19. The lowest BCUT2D eigenvalue weighted by molar-refractivity contribution is -0.159. The number of aryl methyl sites for hydroxylation is 1. The average Bonchev–Trinajstić information content (AvgIpc) is 3.41. The first-order chi connectivity index (χ1) is 14.3. The van der Waals surface area contributed by atoms with E-state index in [1.807, 2.05) is 9.80 Å². The molecule has 3 rings (SSSR count). The first-order valence-corrected chi connectivity index (χ1v) is 9.96. The zero-order valence-electron chi connectivity index (χ0n) is 16.3. The van der Waals surface area contributed by atoms with Gasteiger partial charge in [0.25, 0.3) is 5.91 Å². The number of hydrogen-bond donors (Lipinski definition) is 2. The normalized spacial score (nSPS) is 14.0. The molecular weight excluding hydrogens is 416 g/mol. The standard InChI is InChI=1S/C16H20N4O3S.C2H2O4/c1-2-4-12-15(24-18-17-12)16(22)20-8-6-19(7-9-20)11-13(21)14-5-3-10-23-14;3-1(4)2(5)6/h3,5,10H,2,4,6-9,11H2,1H3;(H,3,4)(H,5,6). The largest absolute Gasteiger partial charge is 0.473 e. The smallest absolute Gasteiger partial charge is 0.414 e. The first kappa shape index (κ1) is 23.2. The quantitative estimate of drug-likeness (QED) is 0.490. The number of piperazine rings is 1. The van der Waals surface area contributed by atoms with Crippen LogP contribution >= 0.6 is 11.5 Å². The highest BCUT2D eigenvalue weighted by Crippen LogP contribution is 2.17. The molecule has 2 aromatic heterocycles. The summed E-state index contributed by atoms with van der Waals surface area (Å²) in [5, 5.41) is 18.8. The Morgan fingerprint density at radius 3 is 2.33 bits per heavy atom. The lowest BCUT2D eigenvalue weighted by Gasteiger charge is -2.34. The average molecular weight is 438 g/mol. The van der Waals surface area contributed by atoms with Crippen LogP contribution in [0.15, 0.2) is 22.8 Å². The predicted octanol–water partition coefficient (Wildman–Crippen LogP) is 0.880. The molecule has 1 saturated heterocycles. The molecule has 0 unspecified atom stereocenters. The van der Waals surface area contributed by atoms with Gasteiger partial charge in [0.05, 0.1) is 18.5 Å². The van der Waals surface area contributed by atoms with Crippen LogP contribution in [0.1, 0.15) is 39.3 Å². The molecule has 0 atom stereocenters. The summed E-state index contributed by atoms with van der Waals surface area (Å²) in [5.74, 6) is -3.29. The summed E-state index contributed by atoms with van der Waals surface area (Å²) in [4.78, 5) is 47.4. The van der Waals surface area contributed by atoms with E-state index in [1.165, 1.54) is 17.8 Å². The van der Waals surface area contributed by atoms with Crippen molar-refractivity contribution >= 4 is 35.2 Å².